The van der Waals surface area contributed by atoms with Crippen molar-refractivity contribution in [3.63, 3.8) is 0 Å². The molecule has 0 spiro atoms. The maximum atomic E-state index is 5.82. The van der Waals surface area contributed by atoms with Crippen LogP contribution in [-0.2, 0) is 0 Å². The van der Waals surface area contributed by atoms with Crippen LogP contribution in [0.1, 0.15) is 18.5 Å². The van der Waals surface area contributed by atoms with Crippen LogP contribution >= 0.6 is 11.7 Å². The molecule has 6 heteroatoms. The maximum Gasteiger partial charge on any atom is 0.253 e. The average molecular weight is 280 g/mol. The van der Waals surface area contributed by atoms with E-state index in [1.807, 2.05) is 0 Å². The van der Waals surface area contributed by atoms with Gasteiger partial charge in [0.2, 0.25) is 0 Å². The summed E-state index contributed by atoms with van der Waals surface area (Å²) < 4.78 is 14.5. The Hall–Kier alpha value is -0.980. The van der Waals surface area contributed by atoms with Gasteiger partial charge in [0.15, 0.2) is 0 Å². The van der Waals surface area contributed by atoms with Gasteiger partial charge in [-0.3, -0.25) is 0 Å². The topological polar surface area (TPSA) is 50.3 Å². The van der Waals surface area contributed by atoms with Gasteiger partial charge in [-0.25, -0.2) is 0 Å². The molecule has 3 rings (SSSR count). The maximum absolute atomic E-state index is 5.82. The smallest absolute Gasteiger partial charge is 0.253 e. The van der Waals surface area contributed by atoms with Crippen molar-refractivity contribution in [1.29, 1.82) is 0 Å². The minimum atomic E-state index is 0.721. The highest BCUT2D eigenvalue weighted by molar-refractivity contribution is 6.99. The van der Waals surface area contributed by atoms with Crippen molar-refractivity contribution in [1.82, 2.24) is 19.0 Å². The van der Waals surface area contributed by atoms with Gasteiger partial charge in [0.25, 0.3) is 5.88 Å². The fraction of sp³-hybridized carbons (Fsp3) is 0.692. The Labute approximate surface area is 118 Å². The van der Waals surface area contributed by atoms with Crippen LogP contribution < -0.4 is 10.1 Å². The lowest BCUT2D eigenvalue weighted by Gasteiger charge is -2.26. The van der Waals surface area contributed by atoms with Crippen LogP contribution in [0.3, 0.4) is 0 Å². The van der Waals surface area contributed by atoms with Crippen molar-refractivity contribution in [3.05, 3.63) is 11.8 Å². The van der Waals surface area contributed by atoms with Crippen molar-refractivity contribution < 1.29 is 4.74 Å². The zero-order valence-corrected chi connectivity index (χ0v) is 12.1. The molecule has 0 unspecified atom stereocenters. The number of nitrogens with one attached hydrogen (secondary N) is 1. The molecule has 0 aromatic carbocycles. The van der Waals surface area contributed by atoms with Crippen molar-refractivity contribution in [3.8, 4) is 5.88 Å². The van der Waals surface area contributed by atoms with Crippen LogP contribution in [0.25, 0.3) is 5.57 Å². The fourth-order valence-corrected chi connectivity index (χ4v) is 2.94. The zero-order chi connectivity index (χ0) is 13.1. The second kappa shape index (κ2) is 5.98. The quantitative estimate of drug-likeness (QED) is 0.879. The molecule has 2 aliphatic rings. The normalized spacial score (nSPS) is 21.0. The van der Waals surface area contributed by atoms with E-state index < -0.39 is 0 Å². The molecule has 0 aliphatic carbocycles. The molecule has 0 radical (unpaired) electrons. The predicted molar refractivity (Wildman–Crippen MR) is 76.5 cm³/mol. The first-order chi connectivity index (χ1) is 9.33. The summed E-state index contributed by atoms with van der Waals surface area (Å²) in [6.45, 7) is 5.05. The number of ether oxygens (including phenoxy) is 1. The predicted octanol–water partition coefficient (Wildman–Crippen LogP) is 1.25. The molecule has 1 aromatic heterocycles. The van der Waals surface area contributed by atoms with E-state index in [0.717, 1.165) is 63.1 Å². The summed E-state index contributed by atoms with van der Waals surface area (Å²) >= 11 is 1.24. The molecule has 1 saturated heterocycles. The van der Waals surface area contributed by atoms with Gasteiger partial charge in [-0.2, -0.15) is 4.37 Å². The van der Waals surface area contributed by atoms with E-state index in [0.29, 0.717) is 0 Å². The Bertz CT molecular complexity index is 455. The first-order valence-corrected chi connectivity index (χ1v) is 7.60. The van der Waals surface area contributed by atoms with Gasteiger partial charge in [-0.1, -0.05) is 6.08 Å². The van der Waals surface area contributed by atoms with Gasteiger partial charge in [-0.05, 0) is 44.5 Å². The summed E-state index contributed by atoms with van der Waals surface area (Å²) in [5.41, 5.74) is 2.20. The molecule has 0 atom stereocenters. The lowest BCUT2D eigenvalue weighted by atomic mass is 10.0. The number of hydrogen-bond donors (Lipinski definition) is 1. The molecule has 2 aliphatic heterocycles. The molecular formula is C13H20N4OS. The molecule has 19 heavy (non-hydrogen) atoms. The van der Waals surface area contributed by atoms with E-state index in [2.05, 4.69) is 32.1 Å². The molecule has 3 heterocycles. The lowest BCUT2D eigenvalue weighted by Crippen LogP contribution is -2.42. The third-order valence-electron chi connectivity index (χ3n) is 3.74. The summed E-state index contributed by atoms with van der Waals surface area (Å²) in [4.78, 5) is 2.30. The van der Waals surface area contributed by atoms with Gasteiger partial charge < -0.3 is 15.0 Å². The Morgan fingerprint density at radius 1 is 1.47 bits per heavy atom. The molecule has 1 fully saturated rings. The molecule has 104 valence electrons. The van der Waals surface area contributed by atoms with Crippen LogP contribution in [0.4, 0.5) is 0 Å². The molecule has 1 N–H and O–H groups in total. The standard InChI is InChI=1S/C13H20N4OS/c1-17-5-2-3-11(9-17)12-13(16-19-15-12)18-6-4-10-7-14-8-10/h3,10,14H,2,4-9H2,1H3. The number of nitrogens with zero attached hydrogens (tertiary/aromatic N) is 3. The number of aromatic nitrogens is 2. The molecule has 5 nitrogen and oxygen atoms in total. The number of likely N-dealkylation sites (N-methyl/N-ethyl adjacent to an activating group) is 1. The summed E-state index contributed by atoms with van der Waals surface area (Å²) in [6.07, 6.45) is 4.44. The van der Waals surface area contributed by atoms with Gasteiger partial charge in [-0.15, -0.1) is 4.37 Å². The van der Waals surface area contributed by atoms with Gasteiger partial charge >= 0.3 is 0 Å². The van der Waals surface area contributed by atoms with Crippen LogP contribution in [0, 0.1) is 5.92 Å². The van der Waals surface area contributed by atoms with Gasteiger partial charge in [0.05, 0.1) is 18.3 Å². The van der Waals surface area contributed by atoms with E-state index in [4.69, 9.17) is 4.74 Å². The molecule has 1 aromatic rings. The van der Waals surface area contributed by atoms with Crippen LogP contribution in [-0.4, -0.2) is 53.5 Å². The van der Waals surface area contributed by atoms with E-state index in [-0.39, 0.29) is 0 Å². The summed E-state index contributed by atoms with van der Waals surface area (Å²) in [5, 5.41) is 3.28. The average Bonchev–Trinajstić information content (AvgIpc) is 2.80. The van der Waals surface area contributed by atoms with Crippen molar-refractivity contribution in [2.45, 2.75) is 12.8 Å². The molecule has 0 bridgehead atoms. The Kier molecular flexibility index (Phi) is 4.10. The molecule has 0 amide bonds. The van der Waals surface area contributed by atoms with Crippen molar-refractivity contribution in [2.75, 3.05) is 39.8 Å². The Balaban J connectivity index is 1.59. The highest BCUT2D eigenvalue weighted by atomic mass is 32.1. The first kappa shape index (κ1) is 13.0. The van der Waals surface area contributed by atoms with Crippen molar-refractivity contribution >= 4 is 17.3 Å². The van der Waals surface area contributed by atoms with Crippen molar-refractivity contribution in [2.24, 2.45) is 5.92 Å². The molecule has 0 saturated carbocycles. The first-order valence-electron chi connectivity index (χ1n) is 6.87. The van der Waals surface area contributed by atoms with E-state index in [9.17, 15) is 0 Å². The summed E-state index contributed by atoms with van der Waals surface area (Å²) in [7, 11) is 2.14. The highest BCUT2D eigenvalue weighted by Crippen LogP contribution is 2.27. The van der Waals surface area contributed by atoms with E-state index >= 15 is 0 Å². The third kappa shape index (κ3) is 3.13. The minimum absolute atomic E-state index is 0.721. The van der Waals surface area contributed by atoms with E-state index in [1.54, 1.807) is 0 Å². The highest BCUT2D eigenvalue weighted by Gasteiger charge is 2.20. The van der Waals surface area contributed by atoms with Crippen LogP contribution in [0.15, 0.2) is 6.08 Å². The van der Waals surface area contributed by atoms with E-state index in [1.165, 1.54) is 17.3 Å². The fourth-order valence-electron chi connectivity index (χ4n) is 2.41. The third-order valence-corrected chi connectivity index (χ3v) is 4.25. The van der Waals surface area contributed by atoms with Crippen LogP contribution in [0.2, 0.25) is 0 Å². The second-order valence-electron chi connectivity index (χ2n) is 5.34. The SMILES string of the molecule is CN1CCC=C(c2nsnc2OCCC2CNC2)C1. The Morgan fingerprint density at radius 3 is 3.11 bits per heavy atom. The lowest BCUT2D eigenvalue weighted by molar-refractivity contribution is 0.233. The van der Waals surface area contributed by atoms with Gasteiger partial charge in [0, 0.05) is 13.1 Å². The summed E-state index contributed by atoms with van der Waals surface area (Å²) in [5.74, 6) is 1.49. The monoisotopic (exact) mass is 280 g/mol. The Morgan fingerprint density at radius 2 is 2.37 bits per heavy atom. The largest absolute Gasteiger partial charge is 0.475 e. The minimum Gasteiger partial charge on any atom is -0.475 e. The number of rotatable bonds is 5. The number of hydrogen-bond acceptors (Lipinski definition) is 6. The summed E-state index contributed by atoms with van der Waals surface area (Å²) in [6, 6.07) is 0. The van der Waals surface area contributed by atoms with Crippen LogP contribution in [0.5, 0.6) is 5.88 Å². The molecular weight excluding hydrogens is 260 g/mol. The van der Waals surface area contributed by atoms with Gasteiger partial charge in [0.1, 0.15) is 5.69 Å². The second-order valence-corrected chi connectivity index (χ2v) is 5.86. The zero-order valence-electron chi connectivity index (χ0n) is 11.3.